The van der Waals surface area contributed by atoms with Gasteiger partial charge in [0.25, 0.3) is 0 Å². The third-order valence-electron chi connectivity index (χ3n) is 1.98. The average Bonchev–Trinajstić information content (AvgIpc) is 2.26. The zero-order chi connectivity index (χ0) is 10.4. The van der Waals surface area contributed by atoms with E-state index in [2.05, 4.69) is 10.2 Å². The van der Waals surface area contributed by atoms with Crippen LogP contribution in [-0.2, 0) is 11.2 Å². The van der Waals surface area contributed by atoms with Gasteiger partial charge >= 0.3 is 0 Å². The molecule has 0 bridgehead atoms. The topological polar surface area (TPSA) is 41.1 Å². The number of likely N-dealkylation sites (N-methyl/N-ethyl adjacent to an activating group) is 1. The second kappa shape index (κ2) is 5.62. The number of benzene rings is 1. The molecule has 0 aliphatic heterocycles. The highest BCUT2D eigenvalue weighted by atomic mass is 35.5. The summed E-state index contributed by atoms with van der Waals surface area (Å²) in [4.78, 5) is 13.8. The molecular formula is C10H13ClN2O. The van der Waals surface area contributed by atoms with Crippen molar-refractivity contribution in [3.8, 4) is 0 Å². The van der Waals surface area contributed by atoms with Gasteiger partial charge in [-0.25, -0.2) is 4.84 Å². The first-order valence-electron chi connectivity index (χ1n) is 4.39. The summed E-state index contributed by atoms with van der Waals surface area (Å²) in [6, 6.07) is 9.35. The lowest BCUT2D eigenvalue weighted by Crippen LogP contribution is -2.40. The number of rotatable bonds is 4. The monoisotopic (exact) mass is 212 g/mol. The van der Waals surface area contributed by atoms with Crippen molar-refractivity contribution >= 4 is 17.7 Å². The summed E-state index contributed by atoms with van der Waals surface area (Å²) in [5, 5.41) is 2.55. The van der Waals surface area contributed by atoms with E-state index < -0.39 is 0 Å². The average molecular weight is 213 g/mol. The lowest BCUT2D eigenvalue weighted by atomic mass is 10.1. The molecule has 0 aromatic heterocycles. The summed E-state index contributed by atoms with van der Waals surface area (Å²) >= 11 is 5.48. The summed E-state index contributed by atoms with van der Waals surface area (Å²) in [7, 11) is 1.59. The molecule has 0 aliphatic rings. The fourth-order valence-electron chi connectivity index (χ4n) is 1.20. The number of carbonyl (C=O) groups excluding carboxylic acids is 1. The molecule has 1 amide bonds. The quantitative estimate of drug-likeness (QED) is 0.734. The number of nitrogens with one attached hydrogen (secondary N) is 2. The minimum absolute atomic E-state index is 0.108. The van der Waals surface area contributed by atoms with Crippen LogP contribution in [-0.4, -0.2) is 19.0 Å². The maximum atomic E-state index is 11.3. The Morgan fingerprint density at radius 1 is 1.43 bits per heavy atom. The molecule has 0 fully saturated rings. The molecule has 14 heavy (non-hydrogen) atoms. The fraction of sp³-hybridized carbons (Fsp3) is 0.300. The standard InChI is InChI=1S/C10H13ClN2O/c1-12-10(14)9(13-11)7-8-5-3-2-4-6-8/h2-6,9,13H,7H2,1H3,(H,12,14). The molecule has 1 aromatic rings. The summed E-state index contributed by atoms with van der Waals surface area (Å²) in [5.41, 5.74) is 1.08. The second-order valence-corrected chi connectivity index (χ2v) is 3.18. The number of halogens is 1. The van der Waals surface area contributed by atoms with E-state index in [0.717, 1.165) is 5.56 Å². The van der Waals surface area contributed by atoms with Crippen LogP contribution in [0.25, 0.3) is 0 Å². The molecule has 3 nitrogen and oxygen atoms in total. The lowest BCUT2D eigenvalue weighted by molar-refractivity contribution is -0.122. The van der Waals surface area contributed by atoms with Crippen LogP contribution in [0.2, 0.25) is 0 Å². The van der Waals surface area contributed by atoms with Gasteiger partial charge < -0.3 is 5.32 Å². The molecule has 0 radical (unpaired) electrons. The second-order valence-electron chi connectivity index (χ2n) is 2.97. The largest absolute Gasteiger partial charge is 0.358 e. The smallest absolute Gasteiger partial charge is 0.238 e. The molecular weight excluding hydrogens is 200 g/mol. The van der Waals surface area contributed by atoms with Gasteiger partial charge in [-0.05, 0) is 23.8 Å². The van der Waals surface area contributed by atoms with E-state index in [1.165, 1.54) is 0 Å². The first kappa shape index (κ1) is 11.0. The van der Waals surface area contributed by atoms with E-state index in [0.29, 0.717) is 6.42 Å². The molecule has 1 rings (SSSR count). The summed E-state index contributed by atoms with van der Waals surface area (Å²) in [5.74, 6) is -0.108. The van der Waals surface area contributed by atoms with E-state index in [1.807, 2.05) is 30.3 Å². The third kappa shape index (κ3) is 3.01. The molecule has 2 N–H and O–H groups in total. The summed E-state index contributed by atoms with van der Waals surface area (Å²) in [6.45, 7) is 0. The van der Waals surface area contributed by atoms with Gasteiger partial charge in [0.2, 0.25) is 5.91 Å². The predicted molar refractivity (Wildman–Crippen MR) is 57.0 cm³/mol. The molecule has 0 heterocycles. The Hall–Kier alpha value is -1.06. The van der Waals surface area contributed by atoms with Crippen molar-refractivity contribution in [1.29, 1.82) is 0 Å². The van der Waals surface area contributed by atoms with Crippen molar-refractivity contribution in [2.24, 2.45) is 0 Å². The molecule has 1 aromatic carbocycles. The lowest BCUT2D eigenvalue weighted by Gasteiger charge is -2.12. The van der Waals surface area contributed by atoms with Crippen LogP contribution in [0, 0.1) is 0 Å². The van der Waals surface area contributed by atoms with E-state index in [1.54, 1.807) is 7.05 Å². The minimum Gasteiger partial charge on any atom is -0.358 e. The zero-order valence-corrected chi connectivity index (χ0v) is 8.71. The van der Waals surface area contributed by atoms with Gasteiger partial charge in [-0.3, -0.25) is 4.79 Å². The molecule has 0 spiro atoms. The summed E-state index contributed by atoms with van der Waals surface area (Å²) in [6.07, 6.45) is 0.587. The number of carbonyl (C=O) groups is 1. The van der Waals surface area contributed by atoms with Crippen molar-refractivity contribution in [1.82, 2.24) is 10.2 Å². The number of amides is 1. The Morgan fingerprint density at radius 3 is 2.57 bits per heavy atom. The maximum Gasteiger partial charge on any atom is 0.238 e. The maximum absolute atomic E-state index is 11.3. The van der Waals surface area contributed by atoms with Crippen LogP contribution in [0.5, 0.6) is 0 Å². The van der Waals surface area contributed by atoms with Crippen LogP contribution in [0.3, 0.4) is 0 Å². The normalized spacial score (nSPS) is 12.1. The van der Waals surface area contributed by atoms with Crippen LogP contribution >= 0.6 is 11.8 Å². The highest BCUT2D eigenvalue weighted by molar-refractivity contribution is 6.15. The molecule has 0 saturated carbocycles. The minimum atomic E-state index is -0.385. The van der Waals surface area contributed by atoms with Crippen molar-refractivity contribution in [2.45, 2.75) is 12.5 Å². The third-order valence-corrected chi connectivity index (χ3v) is 2.24. The van der Waals surface area contributed by atoms with Crippen molar-refractivity contribution in [3.05, 3.63) is 35.9 Å². The van der Waals surface area contributed by atoms with Crippen LogP contribution in [0.4, 0.5) is 0 Å². The zero-order valence-electron chi connectivity index (χ0n) is 7.96. The fourth-order valence-corrected chi connectivity index (χ4v) is 1.38. The van der Waals surface area contributed by atoms with E-state index in [9.17, 15) is 4.79 Å². The van der Waals surface area contributed by atoms with Crippen LogP contribution < -0.4 is 10.2 Å². The van der Waals surface area contributed by atoms with E-state index in [4.69, 9.17) is 11.8 Å². The van der Waals surface area contributed by atoms with Gasteiger partial charge in [-0.2, -0.15) is 0 Å². The Kier molecular flexibility index (Phi) is 4.43. The summed E-state index contributed by atoms with van der Waals surface area (Å²) < 4.78 is 0. The predicted octanol–water partition coefficient (Wildman–Crippen LogP) is 1.09. The van der Waals surface area contributed by atoms with Crippen LogP contribution in [0.15, 0.2) is 30.3 Å². The van der Waals surface area contributed by atoms with E-state index in [-0.39, 0.29) is 11.9 Å². The number of hydrogen-bond acceptors (Lipinski definition) is 2. The van der Waals surface area contributed by atoms with Crippen molar-refractivity contribution < 1.29 is 4.79 Å². The first-order chi connectivity index (χ1) is 6.77. The van der Waals surface area contributed by atoms with Gasteiger partial charge in [-0.15, -0.1) is 0 Å². The van der Waals surface area contributed by atoms with E-state index >= 15 is 0 Å². The molecule has 76 valence electrons. The highest BCUT2D eigenvalue weighted by Crippen LogP contribution is 2.03. The Labute approximate surface area is 88.6 Å². The van der Waals surface area contributed by atoms with Gasteiger partial charge in [0.05, 0.1) is 0 Å². The van der Waals surface area contributed by atoms with Crippen molar-refractivity contribution in [3.63, 3.8) is 0 Å². The first-order valence-corrected chi connectivity index (χ1v) is 4.77. The van der Waals surface area contributed by atoms with Gasteiger partial charge in [0, 0.05) is 7.05 Å². The Bertz CT molecular complexity index is 289. The molecule has 0 saturated heterocycles. The number of hydrogen-bond donors (Lipinski definition) is 2. The molecule has 4 heteroatoms. The molecule has 0 aliphatic carbocycles. The van der Waals surface area contributed by atoms with Gasteiger partial charge in [-0.1, -0.05) is 30.3 Å². The molecule has 1 atom stereocenters. The van der Waals surface area contributed by atoms with Crippen molar-refractivity contribution in [2.75, 3.05) is 7.05 Å². The highest BCUT2D eigenvalue weighted by Gasteiger charge is 2.15. The Balaban J connectivity index is 2.62. The Morgan fingerprint density at radius 2 is 2.07 bits per heavy atom. The van der Waals surface area contributed by atoms with Gasteiger partial charge in [0.1, 0.15) is 6.04 Å². The van der Waals surface area contributed by atoms with Crippen LogP contribution in [0.1, 0.15) is 5.56 Å². The van der Waals surface area contributed by atoms with Gasteiger partial charge in [0.15, 0.2) is 0 Å². The molecule has 1 unspecified atom stereocenters. The SMILES string of the molecule is CNC(=O)C(Cc1ccccc1)NCl.